The van der Waals surface area contributed by atoms with Crippen LogP contribution in [0.3, 0.4) is 0 Å². The van der Waals surface area contributed by atoms with Crippen molar-refractivity contribution in [3.63, 3.8) is 0 Å². The van der Waals surface area contributed by atoms with E-state index in [-0.39, 0.29) is 11.3 Å². The summed E-state index contributed by atoms with van der Waals surface area (Å²) in [6.45, 7) is 6.30. The van der Waals surface area contributed by atoms with Crippen molar-refractivity contribution in [3.05, 3.63) is 59.4 Å². The van der Waals surface area contributed by atoms with Crippen molar-refractivity contribution in [1.82, 2.24) is 0 Å². The van der Waals surface area contributed by atoms with E-state index in [2.05, 4.69) is 26.1 Å². The minimum atomic E-state index is -0.768. The molecule has 0 atom stereocenters. The zero-order valence-electron chi connectivity index (χ0n) is 12.3. The molecule has 0 heterocycles. The van der Waals surface area contributed by atoms with Crippen LogP contribution in [0, 0.1) is 5.82 Å². The van der Waals surface area contributed by atoms with E-state index in [0.29, 0.717) is 11.3 Å². The summed E-state index contributed by atoms with van der Waals surface area (Å²) < 4.78 is 13.2. The molecule has 21 heavy (non-hydrogen) atoms. The van der Waals surface area contributed by atoms with Gasteiger partial charge in [0, 0.05) is 17.3 Å². The van der Waals surface area contributed by atoms with E-state index in [0.717, 1.165) is 11.6 Å². The van der Waals surface area contributed by atoms with Crippen LogP contribution >= 0.6 is 0 Å². The SMILES string of the molecule is CC(C)(C)c1ccc(C(=O)Nc2ccc(O)c(F)c2)cc1. The highest BCUT2D eigenvalue weighted by atomic mass is 19.1. The summed E-state index contributed by atoms with van der Waals surface area (Å²) in [6, 6.07) is 11.0. The molecule has 3 nitrogen and oxygen atoms in total. The number of carbonyl (C=O) groups excluding carboxylic acids is 1. The van der Waals surface area contributed by atoms with E-state index in [1.54, 1.807) is 12.1 Å². The van der Waals surface area contributed by atoms with Gasteiger partial charge in [0.15, 0.2) is 11.6 Å². The standard InChI is InChI=1S/C17H18FNO2/c1-17(2,3)12-6-4-11(5-7-12)16(21)19-13-8-9-15(20)14(18)10-13/h4-10,20H,1-3H3,(H,19,21). The van der Waals surface area contributed by atoms with E-state index in [1.807, 2.05) is 12.1 Å². The molecule has 0 spiro atoms. The summed E-state index contributed by atoms with van der Waals surface area (Å²) in [5.74, 6) is -1.53. The number of nitrogens with one attached hydrogen (secondary N) is 1. The maximum atomic E-state index is 13.2. The van der Waals surface area contributed by atoms with Crippen LogP contribution in [0.25, 0.3) is 0 Å². The van der Waals surface area contributed by atoms with Gasteiger partial charge in [-0.15, -0.1) is 0 Å². The summed E-state index contributed by atoms with van der Waals surface area (Å²) in [5.41, 5.74) is 1.95. The van der Waals surface area contributed by atoms with E-state index >= 15 is 0 Å². The molecule has 4 heteroatoms. The minimum Gasteiger partial charge on any atom is -0.505 e. The number of amides is 1. The number of halogens is 1. The second-order valence-electron chi connectivity index (χ2n) is 5.95. The smallest absolute Gasteiger partial charge is 0.255 e. The van der Waals surface area contributed by atoms with Gasteiger partial charge in [0.2, 0.25) is 0 Å². The first-order valence-corrected chi connectivity index (χ1v) is 6.68. The molecule has 2 rings (SSSR count). The minimum absolute atomic E-state index is 0.0229. The van der Waals surface area contributed by atoms with Gasteiger partial charge in [-0.05, 0) is 35.2 Å². The Morgan fingerprint density at radius 1 is 1.10 bits per heavy atom. The molecule has 0 saturated carbocycles. The number of rotatable bonds is 2. The van der Waals surface area contributed by atoms with E-state index in [9.17, 15) is 9.18 Å². The summed E-state index contributed by atoms with van der Waals surface area (Å²) in [4.78, 5) is 12.1. The Labute approximate surface area is 123 Å². The van der Waals surface area contributed by atoms with Gasteiger partial charge in [-0.2, -0.15) is 0 Å². The normalized spacial score (nSPS) is 11.2. The van der Waals surface area contributed by atoms with Gasteiger partial charge in [0.25, 0.3) is 5.91 Å². The molecule has 1 amide bonds. The van der Waals surface area contributed by atoms with Crippen molar-refractivity contribution < 1.29 is 14.3 Å². The quantitative estimate of drug-likeness (QED) is 0.818. The first-order valence-electron chi connectivity index (χ1n) is 6.68. The Morgan fingerprint density at radius 2 is 1.71 bits per heavy atom. The van der Waals surface area contributed by atoms with Crippen molar-refractivity contribution in [1.29, 1.82) is 0 Å². The van der Waals surface area contributed by atoms with E-state index in [4.69, 9.17) is 5.11 Å². The number of hydrogen-bond donors (Lipinski definition) is 2. The Hall–Kier alpha value is -2.36. The van der Waals surface area contributed by atoms with Crippen molar-refractivity contribution in [2.45, 2.75) is 26.2 Å². The lowest BCUT2D eigenvalue weighted by atomic mass is 9.87. The van der Waals surface area contributed by atoms with E-state index < -0.39 is 11.6 Å². The van der Waals surface area contributed by atoms with Crippen molar-refractivity contribution in [2.24, 2.45) is 0 Å². The third-order valence-electron chi connectivity index (χ3n) is 3.22. The molecule has 0 aliphatic carbocycles. The highest BCUT2D eigenvalue weighted by Gasteiger charge is 2.14. The first kappa shape index (κ1) is 15.0. The van der Waals surface area contributed by atoms with Crippen LogP contribution in [0.5, 0.6) is 5.75 Å². The molecular weight excluding hydrogens is 269 g/mol. The van der Waals surface area contributed by atoms with Gasteiger partial charge >= 0.3 is 0 Å². The van der Waals surface area contributed by atoms with Crippen LogP contribution in [-0.2, 0) is 5.41 Å². The molecule has 0 unspecified atom stereocenters. The Balaban J connectivity index is 2.15. The zero-order chi connectivity index (χ0) is 15.6. The number of hydrogen-bond acceptors (Lipinski definition) is 2. The molecule has 2 N–H and O–H groups in total. The maximum Gasteiger partial charge on any atom is 0.255 e. The highest BCUT2D eigenvalue weighted by molar-refractivity contribution is 6.04. The lowest BCUT2D eigenvalue weighted by molar-refractivity contribution is 0.102. The van der Waals surface area contributed by atoms with Crippen molar-refractivity contribution in [2.75, 3.05) is 5.32 Å². The maximum absolute atomic E-state index is 13.2. The Morgan fingerprint density at radius 3 is 2.24 bits per heavy atom. The molecule has 0 radical (unpaired) electrons. The van der Waals surface area contributed by atoms with Crippen LogP contribution in [0.1, 0.15) is 36.7 Å². The van der Waals surface area contributed by atoms with Crippen molar-refractivity contribution >= 4 is 11.6 Å². The molecule has 0 bridgehead atoms. The average molecular weight is 287 g/mol. The largest absolute Gasteiger partial charge is 0.505 e. The fourth-order valence-electron chi connectivity index (χ4n) is 1.91. The molecule has 110 valence electrons. The molecular formula is C17H18FNO2. The van der Waals surface area contributed by atoms with Crippen LogP contribution < -0.4 is 5.32 Å². The summed E-state index contributed by atoms with van der Waals surface area (Å²) in [5, 5.41) is 11.7. The monoisotopic (exact) mass is 287 g/mol. The molecule has 0 saturated heterocycles. The molecule has 2 aromatic carbocycles. The fourth-order valence-corrected chi connectivity index (χ4v) is 1.91. The number of carbonyl (C=O) groups is 1. The summed E-state index contributed by atoms with van der Waals surface area (Å²) in [7, 11) is 0. The number of phenols is 1. The third kappa shape index (κ3) is 3.60. The molecule has 0 aliphatic rings. The number of aromatic hydroxyl groups is 1. The van der Waals surface area contributed by atoms with Crippen LogP contribution in [0.15, 0.2) is 42.5 Å². The van der Waals surface area contributed by atoms with Crippen LogP contribution in [0.4, 0.5) is 10.1 Å². The van der Waals surface area contributed by atoms with Gasteiger partial charge in [-0.25, -0.2) is 4.39 Å². The second-order valence-corrected chi connectivity index (χ2v) is 5.95. The van der Waals surface area contributed by atoms with Crippen molar-refractivity contribution in [3.8, 4) is 5.75 Å². The number of benzene rings is 2. The van der Waals surface area contributed by atoms with Gasteiger partial charge in [0.05, 0.1) is 0 Å². The fraction of sp³-hybridized carbons (Fsp3) is 0.235. The lowest BCUT2D eigenvalue weighted by Crippen LogP contribution is -2.14. The van der Waals surface area contributed by atoms with Crippen LogP contribution in [-0.4, -0.2) is 11.0 Å². The molecule has 2 aromatic rings. The lowest BCUT2D eigenvalue weighted by Gasteiger charge is -2.19. The molecule has 0 aliphatic heterocycles. The molecule has 0 fully saturated rings. The molecule has 0 aromatic heterocycles. The Kier molecular flexibility index (Phi) is 3.98. The first-order chi connectivity index (χ1) is 9.77. The van der Waals surface area contributed by atoms with Gasteiger partial charge in [-0.3, -0.25) is 4.79 Å². The second kappa shape index (κ2) is 5.56. The number of anilines is 1. The predicted molar refractivity (Wildman–Crippen MR) is 81.2 cm³/mol. The highest BCUT2D eigenvalue weighted by Crippen LogP contribution is 2.23. The summed E-state index contributed by atoms with van der Waals surface area (Å²) >= 11 is 0. The third-order valence-corrected chi connectivity index (χ3v) is 3.22. The van der Waals surface area contributed by atoms with Gasteiger partial charge < -0.3 is 10.4 Å². The zero-order valence-corrected chi connectivity index (χ0v) is 12.3. The average Bonchev–Trinajstić information content (AvgIpc) is 2.42. The van der Waals surface area contributed by atoms with Gasteiger partial charge in [-0.1, -0.05) is 32.9 Å². The predicted octanol–water partition coefficient (Wildman–Crippen LogP) is 4.08. The van der Waals surface area contributed by atoms with E-state index in [1.165, 1.54) is 12.1 Å². The van der Waals surface area contributed by atoms with Gasteiger partial charge in [0.1, 0.15) is 0 Å². The number of phenolic OH excluding ortho intramolecular Hbond substituents is 1. The Bertz CT molecular complexity index is 657. The van der Waals surface area contributed by atoms with Crippen LogP contribution in [0.2, 0.25) is 0 Å². The summed E-state index contributed by atoms with van der Waals surface area (Å²) in [6.07, 6.45) is 0. The topological polar surface area (TPSA) is 49.3 Å².